The Balaban J connectivity index is 2.48. The van der Waals surface area contributed by atoms with Crippen LogP contribution < -0.4 is 5.73 Å². The summed E-state index contributed by atoms with van der Waals surface area (Å²) in [7, 11) is 0. The van der Waals surface area contributed by atoms with E-state index in [2.05, 4.69) is 9.97 Å². The molecule has 5 heteroatoms. The normalized spacial score (nSPS) is 10.6. The lowest BCUT2D eigenvalue weighted by molar-refractivity contribution is 0.950. The molecule has 15 heavy (non-hydrogen) atoms. The minimum atomic E-state index is 0.373. The third-order valence-corrected chi connectivity index (χ3v) is 2.61. The molecule has 1 aromatic carbocycles. The molecule has 0 fully saturated rings. The maximum atomic E-state index is 6.05. The maximum absolute atomic E-state index is 6.05. The fourth-order valence-corrected chi connectivity index (χ4v) is 1.70. The average molecular weight is 242 g/mol. The zero-order chi connectivity index (χ0) is 10.8. The third-order valence-electron chi connectivity index (χ3n) is 2.04. The first-order chi connectivity index (χ1) is 7.20. The van der Waals surface area contributed by atoms with E-state index in [1.54, 1.807) is 24.4 Å². The molecule has 1 aromatic heterocycles. The van der Waals surface area contributed by atoms with Crippen molar-refractivity contribution >= 4 is 23.2 Å². The summed E-state index contributed by atoms with van der Waals surface area (Å²) in [5.74, 6) is 0.723. The molecule has 0 saturated heterocycles. The van der Waals surface area contributed by atoms with Crippen LogP contribution in [0.25, 0.3) is 11.3 Å². The first kappa shape index (κ1) is 10.5. The highest BCUT2D eigenvalue weighted by Gasteiger charge is 2.07. The quantitative estimate of drug-likeness (QED) is 0.850. The topological polar surface area (TPSA) is 54.7 Å². The lowest BCUT2D eigenvalue weighted by atomic mass is 10.2. The maximum Gasteiger partial charge on any atom is 0.120 e. The van der Waals surface area contributed by atoms with Gasteiger partial charge in [0.1, 0.15) is 5.82 Å². The second-order valence-electron chi connectivity index (χ2n) is 3.07. The standard InChI is InChI=1S/C10H9Cl2N3/c11-6-1-2-8(12)7(3-6)9-5-14-10(4-13)15-9/h1-3,5H,4,13H2,(H,14,15). The van der Waals surface area contributed by atoms with Crippen molar-refractivity contribution in [1.82, 2.24) is 9.97 Å². The smallest absolute Gasteiger partial charge is 0.120 e. The summed E-state index contributed by atoms with van der Waals surface area (Å²) in [5, 5.41) is 1.27. The number of hydrogen-bond donors (Lipinski definition) is 2. The molecule has 0 bridgehead atoms. The Morgan fingerprint density at radius 2 is 2.13 bits per heavy atom. The zero-order valence-electron chi connectivity index (χ0n) is 7.80. The van der Waals surface area contributed by atoms with E-state index in [9.17, 15) is 0 Å². The molecule has 0 amide bonds. The van der Waals surface area contributed by atoms with Crippen LogP contribution in [0.2, 0.25) is 10.0 Å². The number of aromatic nitrogens is 2. The van der Waals surface area contributed by atoms with Gasteiger partial charge in [0.25, 0.3) is 0 Å². The SMILES string of the molecule is NCc1ncc(-c2cc(Cl)ccc2Cl)[nH]1. The highest BCUT2D eigenvalue weighted by atomic mass is 35.5. The van der Waals surface area contributed by atoms with Gasteiger partial charge in [0, 0.05) is 10.6 Å². The van der Waals surface area contributed by atoms with Crippen LogP contribution in [-0.4, -0.2) is 9.97 Å². The van der Waals surface area contributed by atoms with Crippen molar-refractivity contribution < 1.29 is 0 Å². The van der Waals surface area contributed by atoms with Gasteiger partial charge in [-0.1, -0.05) is 23.2 Å². The second kappa shape index (κ2) is 4.23. The van der Waals surface area contributed by atoms with E-state index >= 15 is 0 Å². The first-order valence-corrected chi connectivity index (χ1v) is 5.15. The van der Waals surface area contributed by atoms with Crippen LogP contribution in [0.3, 0.4) is 0 Å². The van der Waals surface area contributed by atoms with Gasteiger partial charge in [0.2, 0.25) is 0 Å². The Morgan fingerprint density at radius 3 is 2.80 bits per heavy atom. The second-order valence-corrected chi connectivity index (χ2v) is 3.92. The van der Waals surface area contributed by atoms with Crippen LogP contribution in [0.4, 0.5) is 0 Å². The molecule has 78 valence electrons. The number of halogens is 2. The molecule has 0 aliphatic heterocycles. The predicted octanol–water partition coefficient (Wildman–Crippen LogP) is 2.84. The molecule has 0 aliphatic rings. The summed E-state index contributed by atoms with van der Waals surface area (Å²) in [4.78, 5) is 7.17. The Morgan fingerprint density at radius 1 is 1.33 bits per heavy atom. The number of hydrogen-bond acceptors (Lipinski definition) is 2. The van der Waals surface area contributed by atoms with Crippen molar-refractivity contribution in [3.05, 3.63) is 40.3 Å². The van der Waals surface area contributed by atoms with Crippen LogP contribution in [0.5, 0.6) is 0 Å². The number of rotatable bonds is 2. The molecule has 0 radical (unpaired) electrons. The number of imidazole rings is 1. The first-order valence-electron chi connectivity index (χ1n) is 4.40. The number of aromatic amines is 1. The Labute approximate surface area is 97.2 Å². The molecule has 0 spiro atoms. The van der Waals surface area contributed by atoms with Crippen molar-refractivity contribution in [3.8, 4) is 11.3 Å². The summed E-state index contributed by atoms with van der Waals surface area (Å²) in [5.41, 5.74) is 7.11. The van der Waals surface area contributed by atoms with Gasteiger partial charge in [0.05, 0.1) is 23.5 Å². The minimum Gasteiger partial charge on any atom is -0.341 e. The van der Waals surface area contributed by atoms with Crippen molar-refractivity contribution in [2.24, 2.45) is 5.73 Å². The zero-order valence-corrected chi connectivity index (χ0v) is 9.31. The fourth-order valence-electron chi connectivity index (χ4n) is 1.31. The van der Waals surface area contributed by atoms with Crippen molar-refractivity contribution in [3.63, 3.8) is 0 Å². The Bertz CT molecular complexity index is 479. The number of nitrogens with two attached hydrogens (primary N) is 1. The molecule has 0 atom stereocenters. The van der Waals surface area contributed by atoms with Crippen LogP contribution in [0.1, 0.15) is 5.82 Å². The van der Waals surface area contributed by atoms with Crippen LogP contribution in [-0.2, 0) is 6.54 Å². The molecule has 2 aromatic rings. The molecule has 1 heterocycles. The average Bonchev–Trinajstić information content (AvgIpc) is 2.70. The number of nitrogens with one attached hydrogen (secondary N) is 1. The predicted molar refractivity (Wildman–Crippen MR) is 61.9 cm³/mol. The van der Waals surface area contributed by atoms with E-state index < -0.39 is 0 Å². The van der Waals surface area contributed by atoms with Gasteiger partial charge in [0.15, 0.2) is 0 Å². The highest BCUT2D eigenvalue weighted by Crippen LogP contribution is 2.29. The van der Waals surface area contributed by atoms with E-state index in [4.69, 9.17) is 28.9 Å². The largest absolute Gasteiger partial charge is 0.341 e. The third kappa shape index (κ3) is 2.15. The van der Waals surface area contributed by atoms with Gasteiger partial charge in [-0.25, -0.2) is 4.98 Å². The van der Waals surface area contributed by atoms with Gasteiger partial charge in [-0.3, -0.25) is 0 Å². The molecular weight excluding hydrogens is 233 g/mol. The van der Waals surface area contributed by atoms with E-state index in [1.165, 1.54) is 0 Å². The minimum absolute atomic E-state index is 0.373. The summed E-state index contributed by atoms with van der Waals surface area (Å²) in [6.45, 7) is 0.373. The van der Waals surface area contributed by atoms with Crippen LogP contribution in [0.15, 0.2) is 24.4 Å². The van der Waals surface area contributed by atoms with Gasteiger partial charge in [-0.15, -0.1) is 0 Å². The molecule has 2 rings (SSSR count). The summed E-state index contributed by atoms with van der Waals surface area (Å²) < 4.78 is 0. The Hall–Kier alpha value is -1.03. The van der Waals surface area contributed by atoms with E-state index in [-0.39, 0.29) is 0 Å². The molecule has 0 aliphatic carbocycles. The highest BCUT2D eigenvalue weighted by molar-refractivity contribution is 6.35. The van der Waals surface area contributed by atoms with Crippen molar-refractivity contribution in [1.29, 1.82) is 0 Å². The van der Waals surface area contributed by atoms with E-state index in [0.717, 1.165) is 17.1 Å². The molecule has 3 N–H and O–H groups in total. The van der Waals surface area contributed by atoms with Crippen LogP contribution >= 0.6 is 23.2 Å². The van der Waals surface area contributed by atoms with E-state index in [1.807, 2.05) is 0 Å². The number of H-pyrrole nitrogens is 1. The number of nitrogens with zero attached hydrogens (tertiary/aromatic N) is 1. The van der Waals surface area contributed by atoms with E-state index in [0.29, 0.717) is 16.6 Å². The summed E-state index contributed by atoms with van der Waals surface area (Å²) >= 11 is 11.9. The van der Waals surface area contributed by atoms with Crippen molar-refractivity contribution in [2.45, 2.75) is 6.54 Å². The molecule has 0 unspecified atom stereocenters. The van der Waals surface area contributed by atoms with Gasteiger partial charge < -0.3 is 10.7 Å². The molecule has 0 saturated carbocycles. The van der Waals surface area contributed by atoms with Crippen LogP contribution in [0, 0.1) is 0 Å². The fraction of sp³-hybridized carbons (Fsp3) is 0.100. The number of benzene rings is 1. The summed E-state index contributed by atoms with van der Waals surface area (Å²) in [6, 6.07) is 5.29. The van der Waals surface area contributed by atoms with Gasteiger partial charge >= 0.3 is 0 Å². The lowest BCUT2D eigenvalue weighted by Gasteiger charge is -2.01. The monoisotopic (exact) mass is 241 g/mol. The van der Waals surface area contributed by atoms with Gasteiger partial charge in [-0.05, 0) is 18.2 Å². The Kier molecular flexibility index (Phi) is 2.95. The van der Waals surface area contributed by atoms with Crippen molar-refractivity contribution in [2.75, 3.05) is 0 Å². The van der Waals surface area contributed by atoms with Gasteiger partial charge in [-0.2, -0.15) is 0 Å². The molecular formula is C10H9Cl2N3. The molecule has 3 nitrogen and oxygen atoms in total. The lowest BCUT2D eigenvalue weighted by Crippen LogP contribution is -1.97. The summed E-state index contributed by atoms with van der Waals surface area (Å²) in [6.07, 6.45) is 1.69.